The third kappa shape index (κ3) is 6.67. The van der Waals surface area contributed by atoms with E-state index in [0.29, 0.717) is 5.69 Å². The molecule has 2 heterocycles. The van der Waals surface area contributed by atoms with Gasteiger partial charge in [0, 0.05) is 41.8 Å². The second-order valence-corrected chi connectivity index (χ2v) is 8.32. The van der Waals surface area contributed by atoms with E-state index < -0.39 is 47.9 Å². The minimum Gasteiger partial charge on any atom is -0.480 e. The molecule has 0 aliphatic carbocycles. The molecule has 0 aliphatic heterocycles. The lowest BCUT2D eigenvalue weighted by Gasteiger charge is -2.23. The van der Waals surface area contributed by atoms with Gasteiger partial charge in [-0.3, -0.25) is 14.4 Å². The Morgan fingerprint density at radius 1 is 0.971 bits per heavy atom. The molecule has 3 amide bonds. The van der Waals surface area contributed by atoms with Gasteiger partial charge in [-0.25, -0.2) is 9.78 Å². The average molecular weight is 484 g/mol. The number of aliphatic carboxylic acids is 1. The van der Waals surface area contributed by atoms with Crippen LogP contribution in [0, 0.1) is 0 Å². The van der Waals surface area contributed by atoms with Crippen molar-refractivity contribution in [2.45, 2.75) is 50.9 Å². The van der Waals surface area contributed by atoms with Crippen molar-refractivity contribution in [3.8, 4) is 0 Å². The van der Waals surface area contributed by atoms with E-state index in [1.54, 1.807) is 6.20 Å². The number of hydrogen-bond donors (Lipinski definition) is 7. The number of H-pyrrole nitrogens is 2. The third-order valence-electron chi connectivity index (χ3n) is 5.49. The molecule has 0 saturated carbocycles. The normalized spacial score (nSPS) is 14.5. The van der Waals surface area contributed by atoms with Crippen molar-refractivity contribution in [2.24, 2.45) is 5.73 Å². The van der Waals surface area contributed by atoms with Crippen LogP contribution in [0.25, 0.3) is 10.9 Å². The summed E-state index contributed by atoms with van der Waals surface area (Å²) in [6.45, 7) is 2.93. The minimum atomic E-state index is -1.23. The summed E-state index contributed by atoms with van der Waals surface area (Å²) in [7, 11) is 0. The first kappa shape index (κ1) is 25.4. The van der Waals surface area contributed by atoms with Crippen molar-refractivity contribution in [3.63, 3.8) is 0 Å². The van der Waals surface area contributed by atoms with E-state index in [4.69, 9.17) is 5.73 Å². The maximum atomic E-state index is 13.1. The number of nitrogens with zero attached hydrogens (tertiary/aromatic N) is 1. The van der Waals surface area contributed by atoms with Crippen molar-refractivity contribution in [2.75, 3.05) is 0 Å². The zero-order chi connectivity index (χ0) is 25.5. The van der Waals surface area contributed by atoms with Gasteiger partial charge >= 0.3 is 5.97 Å². The number of nitrogens with two attached hydrogens (primary N) is 1. The third-order valence-corrected chi connectivity index (χ3v) is 5.49. The van der Waals surface area contributed by atoms with Gasteiger partial charge in [-0.05, 0) is 25.5 Å². The number of carbonyl (C=O) groups is 4. The fourth-order valence-electron chi connectivity index (χ4n) is 3.53. The fraction of sp³-hybridized carbons (Fsp3) is 0.348. The SMILES string of the molecule is CC(N)C(=O)NC(Cc1c[nH]c2ccccc12)C(=O)NC(C)C(=O)NC(Cc1cnc[nH]1)C(=O)O. The van der Waals surface area contributed by atoms with Crippen molar-refractivity contribution < 1.29 is 24.3 Å². The first-order valence-corrected chi connectivity index (χ1v) is 11.1. The number of hydrogen-bond acceptors (Lipinski definition) is 6. The number of carbonyl (C=O) groups excluding carboxylic acids is 3. The standard InChI is InChI=1S/C23H29N7O5/c1-12(24)20(31)29-18(7-14-9-26-17-6-4-3-5-16(14)17)22(33)28-13(2)21(32)30-19(23(34)35)8-15-10-25-11-27-15/h3-6,9-13,18-19,26H,7-8,24H2,1-2H3,(H,25,27)(H,28,33)(H,29,31)(H,30,32)(H,34,35). The van der Waals surface area contributed by atoms with Gasteiger partial charge < -0.3 is 36.8 Å². The summed E-state index contributed by atoms with van der Waals surface area (Å²) < 4.78 is 0. The maximum absolute atomic E-state index is 13.1. The molecule has 0 aliphatic rings. The number of fused-ring (bicyclic) bond motifs is 1. The van der Waals surface area contributed by atoms with Crippen molar-refractivity contribution >= 4 is 34.6 Å². The molecule has 0 spiro atoms. The molecule has 0 fully saturated rings. The molecule has 4 atom stereocenters. The molecule has 186 valence electrons. The highest BCUT2D eigenvalue weighted by Gasteiger charge is 2.28. The lowest BCUT2D eigenvalue weighted by molar-refractivity contribution is -0.142. The van der Waals surface area contributed by atoms with Crippen LogP contribution in [-0.4, -0.2) is 67.9 Å². The average Bonchev–Trinajstić information content (AvgIpc) is 3.48. The minimum absolute atomic E-state index is 0.00459. The van der Waals surface area contributed by atoms with E-state index in [1.807, 2.05) is 24.3 Å². The van der Waals surface area contributed by atoms with Gasteiger partial charge in [0.25, 0.3) is 0 Å². The van der Waals surface area contributed by atoms with Crippen molar-refractivity contribution in [1.82, 2.24) is 30.9 Å². The van der Waals surface area contributed by atoms with Gasteiger partial charge in [0.05, 0.1) is 12.4 Å². The highest BCUT2D eigenvalue weighted by Crippen LogP contribution is 2.19. The van der Waals surface area contributed by atoms with E-state index in [1.165, 1.54) is 26.4 Å². The molecular formula is C23H29N7O5. The molecule has 3 rings (SSSR count). The maximum Gasteiger partial charge on any atom is 0.326 e. The zero-order valence-electron chi connectivity index (χ0n) is 19.4. The van der Waals surface area contributed by atoms with Crippen LogP contribution in [0.15, 0.2) is 43.0 Å². The number of nitrogens with one attached hydrogen (secondary N) is 5. The Morgan fingerprint density at radius 3 is 2.34 bits per heavy atom. The van der Waals surface area contributed by atoms with Crippen LogP contribution in [0.3, 0.4) is 0 Å². The lowest BCUT2D eigenvalue weighted by Crippen LogP contribution is -2.56. The van der Waals surface area contributed by atoms with Crippen LogP contribution >= 0.6 is 0 Å². The zero-order valence-corrected chi connectivity index (χ0v) is 19.4. The Kier molecular flexibility index (Phi) is 8.21. The summed E-state index contributed by atoms with van der Waals surface area (Å²) in [6, 6.07) is 3.39. The summed E-state index contributed by atoms with van der Waals surface area (Å²) >= 11 is 0. The quantitative estimate of drug-likeness (QED) is 0.192. The molecule has 2 aromatic heterocycles. The number of benzene rings is 1. The molecule has 1 aromatic carbocycles. The van der Waals surface area contributed by atoms with Crippen molar-refractivity contribution in [1.29, 1.82) is 0 Å². The van der Waals surface area contributed by atoms with Gasteiger partial charge in [-0.15, -0.1) is 0 Å². The molecule has 4 unspecified atom stereocenters. The van der Waals surface area contributed by atoms with Crippen LogP contribution < -0.4 is 21.7 Å². The van der Waals surface area contributed by atoms with E-state index in [0.717, 1.165) is 16.5 Å². The first-order chi connectivity index (χ1) is 16.7. The Labute approximate surface area is 201 Å². The smallest absolute Gasteiger partial charge is 0.326 e. The summed E-state index contributed by atoms with van der Waals surface area (Å²) in [5.74, 6) is -3.04. The van der Waals surface area contributed by atoms with E-state index in [2.05, 4.69) is 30.9 Å². The second kappa shape index (κ2) is 11.3. The predicted octanol–water partition coefficient (Wildman–Crippen LogP) is -0.418. The van der Waals surface area contributed by atoms with E-state index >= 15 is 0 Å². The van der Waals surface area contributed by atoms with Crippen LogP contribution in [0.2, 0.25) is 0 Å². The van der Waals surface area contributed by atoms with Crippen LogP contribution in [0.1, 0.15) is 25.1 Å². The Balaban J connectivity index is 1.69. The topological polar surface area (TPSA) is 195 Å². The first-order valence-electron chi connectivity index (χ1n) is 11.1. The molecule has 0 radical (unpaired) electrons. The Morgan fingerprint density at radius 2 is 1.69 bits per heavy atom. The summed E-state index contributed by atoms with van der Waals surface area (Å²) in [4.78, 5) is 59.3. The van der Waals surface area contributed by atoms with E-state index in [9.17, 15) is 24.3 Å². The number of aromatic amines is 2. The molecular weight excluding hydrogens is 454 g/mol. The van der Waals surface area contributed by atoms with Crippen LogP contribution in [0.4, 0.5) is 0 Å². The predicted molar refractivity (Wildman–Crippen MR) is 127 cm³/mol. The fourth-order valence-corrected chi connectivity index (χ4v) is 3.53. The van der Waals surface area contributed by atoms with E-state index in [-0.39, 0.29) is 12.8 Å². The number of imidazole rings is 1. The van der Waals surface area contributed by atoms with Gasteiger partial charge in [-0.1, -0.05) is 18.2 Å². The number of carboxylic acid groups (broad SMARTS) is 1. The van der Waals surface area contributed by atoms with Gasteiger partial charge in [-0.2, -0.15) is 0 Å². The lowest BCUT2D eigenvalue weighted by atomic mass is 10.0. The second-order valence-electron chi connectivity index (χ2n) is 8.32. The largest absolute Gasteiger partial charge is 0.480 e. The number of aromatic nitrogens is 3. The van der Waals surface area contributed by atoms with Gasteiger partial charge in [0.2, 0.25) is 17.7 Å². The Bertz CT molecular complexity index is 1190. The molecule has 12 heteroatoms. The van der Waals surface area contributed by atoms with Gasteiger partial charge in [0.1, 0.15) is 18.1 Å². The molecule has 3 aromatic rings. The van der Waals surface area contributed by atoms with Crippen LogP contribution in [-0.2, 0) is 32.0 Å². The molecule has 35 heavy (non-hydrogen) atoms. The Hall–Kier alpha value is -4.19. The number of para-hydroxylation sites is 1. The number of amides is 3. The molecule has 0 saturated heterocycles. The molecule has 12 nitrogen and oxygen atoms in total. The van der Waals surface area contributed by atoms with Gasteiger partial charge in [0.15, 0.2) is 0 Å². The monoisotopic (exact) mass is 483 g/mol. The summed E-state index contributed by atoms with van der Waals surface area (Å²) in [5.41, 5.74) is 7.87. The van der Waals surface area contributed by atoms with Crippen LogP contribution in [0.5, 0.6) is 0 Å². The summed E-state index contributed by atoms with van der Waals surface area (Å²) in [6.07, 6.45) is 4.77. The molecule has 8 N–H and O–H groups in total. The summed E-state index contributed by atoms with van der Waals surface area (Å²) in [5, 5.41) is 18.0. The van der Waals surface area contributed by atoms with Crippen molar-refractivity contribution in [3.05, 3.63) is 54.2 Å². The highest BCUT2D eigenvalue weighted by molar-refractivity contribution is 5.94. The number of rotatable bonds is 11. The molecule has 0 bridgehead atoms. The highest BCUT2D eigenvalue weighted by atomic mass is 16.4. The number of carboxylic acids is 1.